The summed E-state index contributed by atoms with van der Waals surface area (Å²) in [6, 6.07) is 18.3. The molecule has 2 aliphatic rings. The van der Waals surface area contributed by atoms with Crippen molar-refractivity contribution in [1.29, 1.82) is 0 Å². The van der Waals surface area contributed by atoms with Crippen molar-refractivity contribution in [3.63, 3.8) is 0 Å². The number of ether oxygens (including phenoxy) is 2. The summed E-state index contributed by atoms with van der Waals surface area (Å²) in [6.07, 6.45) is 1.63. The van der Waals surface area contributed by atoms with Crippen molar-refractivity contribution in [1.82, 2.24) is 10.2 Å². The van der Waals surface area contributed by atoms with Crippen LogP contribution < -0.4 is 5.32 Å². The Labute approximate surface area is 177 Å². The molecule has 2 atom stereocenters. The lowest BCUT2D eigenvalue weighted by molar-refractivity contribution is -0.169. The molecule has 0 radical (unpaired) electrons. The lowest BCUT2D eigenvalue weighted by Crippen LogP contribution is -2.62. The average Bonchev–Trinajstić information content (AvgIpc) is 3.34. The summed E-state index contributed by atoms with van der Waals surface area (Å²) in [6.45, 7) is 1.64. The molecule has 0 aliphatic carbocycles. The lowest BCUT2D eigenvalue weighted by Gasteiger charge is -2.42. The molecule has 2 aromatic carbocycles. The maximum absolute atomic E-state index is 12.9. The fourth-order valence-corrected chi connectivity index (χ4v) is 4.32. The maximum Gasteiger partial charge on any atom is 0.254 e. The molecule has 6 heteroatoms. The molecule has 0 aromatic heterocycles. The van der Waals surface area contributed by atoms with Gasteiger partial charge in [0.2, 0.25) is 0 Å². The molecule has 2 aliphatic heterocycles. The minimum absolute atomic E-state index is 0.0397. The molecule has 2 amide bonds. The lowest BCUT2D eigenvalue weighted by atomic mass is 9.89. The minimum atomic E-state index is -1.11. The van der Waals surface area contributed by atoms with Crippen molar-refractivity contribution in [3.8, 4) is 11.1 Å². The van der Waals surface area contributed by atoms with E-state index in [0.29, 0.717) is 26.2 Å². The van der Waals surface area contributed by atoms with Crippen LogP contribution in [0, 0.1) is 0 Å². The van der Waals surface area contributed by atoms with E-state index in [1.165, 1.54) is 0 Å². The summed E-state index contributed by atoms with van der Waals surface area (Å²) in [7, 11) is 1.61. The average molecular weight is 408 g/mol. The van der Waals surface area contributed by atoms with E-state index in [-0.39, 0.29) is 18.4 Å². The number of carbonyl (C=O) groups excluding carboxylic acids is 2. The number of likely N-dealkylation sites (N-methyl/N-ethyl adjacent to an activating group) is 1. The zero-order chi connectivity index (χ0) is 21.0. The first-order valence-corrected chi connectivity index (χ1v) is 10.5. The molecular weight excluding hydrogens is 380 g/mol. The number of hydrogen-bond acceptors (Lipinski definition) is 4. The van der Waals surface area contributed by atoms with Gasteiger partial charge in [-0.1, -0.05) is 54.6 Å². The van der Waals surface area contributed by atoms with Gasteiger partial charge in [-0.15, -0.1) is 0 Å². The Morgan fingerprint density at radius 1 is 1.10 bits per heavy atom. The van der Waals surface area contributed by atoms with E-state index < -0.39 is 11.7 Å². The molecule has 6 nitrogen and oxygen atoms in total. The molecule has 4 rings (SSSR count). The molecule has 30 heavy (non-hydrogen) atoms. The van der Waals surface area contributed by atoms with Gasteiger partial charge in [0.25, 0.3) is 11.8 Å². The monoisotopic (exact) mass is 408 g/mol. The van der Waals surface area contributed by atoms with Crippen LogP contribution in [-0.2, 0) is 25.5 Å². The highest BCUT2D eigenvalue weighted by molar-refractivity contribution is 5.88. The third kappa shape index (κ3) is 4.25. The van der Waals surface area contributed by atoms with Gasteiger partial charge in [0.15, 0.2) is 5.60 Å². The molecule has 2 heterocycles. The summed E-state index contributed by atoms with van der Waals surface area (Å²) >= 11 is 0. The van der Waals surface area contributed by atoms with Gasteiger partial charge in [-0.3, -0.25) is 9.59 Å². The Hall–Kier alpha value is -2.70. The van der Waals surface area contributed by atoms with E-state index in [2.05, 4.69) is 29.6 Å². The van der Waals surface area contributed by atoms with E-state index in [0.717, 1.165) is 29.5 Å². The molecule has 2 fully saturated rings. The fourth-order valence-electron chi connectivity index (χ4n) is 4.32. The largest absolute Gasteiger partial charge is 0.368 e. The van der Waals surface area contributed by atoms with E-state index in [4.69, 9.17) is 9.47 Å². The van der Waals surface area contributed by atoms with Gasteiger partial charge in [0.1, 0.15) is 6.10 Å². The topological polar surface area (TPSA) is 67.9 Å². The Bertz CT molecular complexity index is 895. The minimum Gasteiger partial charge on any atom is -0.368 e. The molecule has 2 saturated heterocycles. The maximum atomic E-state index is 12.9. The van der Waals surface area contributed by atoms with E-state index in [1.54, 1.807) is 11.9 Å². The Morgan fingerprint density at radius 3 is 2.63 bits per heavy atom. The highest BCUT2D eigenvalue weighted by Gasteiger charge is 2.45. The summed E-state index contributed by atoms with van der Waals surface area (Å²) in [5.74, 6) is -0.250. The van der Waals surface area contributed by atoms with Crippen molar-refractivity contribution in [2.75, 3.05) is 33.4 Å². The van der Waals surface area contributed by atoms with Crippen molar-refractivity contribution in [2.24, 2.45) is 0 Å². The van der Waals surface area contributed by atoms with Crippen molar-refractivity contribution < 1.29 is 19.1 Å². The Balaban J connectivity index is 1.58. The van der Waals surface area contributed by atoms with Gasteiger partial charge >= 0.3 is 0 Å². The SMILES string of the molecule is CNC(=O)[C@@]1(Cc2cccc(-c3ccccc3)c2)CN(C(=O)[C@H]2CCCO2)CCO1. The van der Waals surface area contributed by atoms with Crippen LogP contribution in [0.1, 0.15) is 18.4 Å². The van der Waals surface area contributed by atoms with Gasteiger partial charge in [-0.25, -0.2) is 0 Å². The second-order valence-corrected chi connectivity index (χ2v) is 7.93. The highest BCUT2D eigenvalue weighted by Crippen LogP contribution is 2.28. The number of nitrogens with zero attached hydrogens (tertiary/aromatic N) is 1. The number of hydrogen-bond donors (Lipinski definition) is 1. The van der Waals surface area contributed by atoms with E-state index >= 15 is 0 Å². The summed E-state index contributed by atoms with van der Waals surface area (Å²) < 4.78 is 11.6. The predicted octanol–water partition coefficient (Wildman–Crippen LogP) is 2.42. The summed E-state index contributed by atoms with van der Waals surface area (Å²) in [4.78, 5) is 27.6. The van der Waals surface area contributed by atoms with Crippen LogP contribution in [0.15, 0.2) is 54.6 Å². The van der Waals surface area contributed by atoms with Crippen LogP contribution in [0.3, 0.4) is 0 Å². The molecular formula is C24H28N2O4. The first-order chi connectivity index (χ1) is 14.6. The first kappa shape index (κ1) is 20.6. The quantitative estimate of drug-likeness (QED) is 0.825. The molecule has 1 N–H and O–H groups in total. The highest BCUT2D eigenvalue weighted by atomic mass is 16.5. The normalized spacial score (nSPS) is 23.9. The molecule has 0 spiro atoms. The molecule has 158 valence electrons. The van der Waals surface area contributed by atoms with Gasteiger partial charge in [-0.2, -0.15) is 0 Å². The van der Waals surface area contributed by atoms with Gasteiger partial charge in [0.05, 0.1) is 13.2 Å². The number of nitrogens with one attached hydrogen (secondary N) is 1. The van der Waals surface area contributed by atoms with Crippen LogP contribution in [0.4, 0.5) is 0 Å². The number of carbonyl (C=O) groups is 2. The van der Waals surface area contributed by atoms with Crippen LogP contribution in [0.2, 0.25) is 0 Å². The third-order valence-electron chi connectivity index (χ3n) is 5.87. The molecule has 0 saturated carbocycles. The zero-order valence-electron chi connectivity index (χ0n) is 17.3. The number of morpholine rings is 1. The number of amides is 2. The Morgan fingerprint density at radius 2 is 1.90 bits per heavy atom. The molecule has 0 unspecified atom stereocenters. The Kier molecular flexibility index (Phi) is 6.16. The van der Waals surface area contributed by atoms with Gasteiger partial charge in [-0.05, 0) is 29.5 Å². The third-order valence-corrected chi connectivity index (χ3v) is 5.87. The van der Waals surface area contributed by atoms with Crippen LogP contribution in [0.25, 0.3) is 11.1 Å². The zero-order valence-corrected chi connectivity index (χ0v) is 17.3. The van der Waals surface area contributed by atoms with Crippen LogP contribution in [-0.4, -0.2) is 61.8 Å². The van der Waals surface area contributed by atoms with E-state index in [9.17, 15) is 9.59 Å². The van der Waals surface area contributed by atoms with Crippen molar-refractivity contribution in [2.45, 2.75) is 31.0 Å². The predicted molar refractivity (Wildman–Crippen MR) is 114 cm³/mol. The molecule has 2 aromatic rings. The summed E-state index contributed by atoms with van der Waals surface area (Å²) in [5.41, 5.74) is 2.08. The first-order valence-electron chi connectivity index (χ1n) is 10.5. The molecule has 0 bridgehead atoms. The number of benzene rings is 2. The fraction of sp³-hybridized carbons (Fsp3) is 0.417. The van der Waals surface area contributed by atoms with Gasteiger partial charge in [0, 0.05) is 26.6 Å². The standard InChI is InChI=1S/C24H28N2O4/c1-25-23(28)24(17-26(12-14-30-24)22(27)21-11-6-13-29-21)16-18-7-5-10-20(15-18)19-8-3-2-4-9-19/h2-5,7-10,15,21H,6,11-14,16-17H2,1H3,(H,25,28)/t21-,24-/m1/s1. The van der Waals surface area contributed by atoms with Crippen molar-refractivity contribution in [3.05, 3.63) is 60.2 Å². The second kappa shape index (κ2) is 8.98. The van der Waals surface area contributed by atoms with Crippen LogP contribution >= 0.6 is 0 Å². The second-order valence-electron chi connectivity index (χ2n) is 7.93. The van der Waals surface area contributed by atoms with Crippen molar-refractivity contribution >= 4 is 11.8 Å². The summed E-state index contributed by atoms with van der Waals surface area (Å²) in [5, 5.41) is 2.74. The number of rotatable bonds is 5. The van der Waals surface area contributed by atoms with Gasteiger partial charge < -0.3 is 19.7 Å². The van der Waals surface area contributed by atoms with E-state index in [1.807, 2.05) is 30.3 Å². The smallest absolute Gasteiger partial charge is 0.254 e. The van der Waals surface area contributed by atoms with Crippen LogP contribution in [0.5, 0.6) is 0 Å².